The van der Waals surface area contributed by atoms with Gasteiger partial charge in [0.15, 0.2) is 0 Å². The topological polar surface area (TPSA) is 77.6 Å². The summed E-state index contributed by atoms with van der Waals surface area (Å²) in [6, 6.07) is 1.57. The van der Waals surface area contributed by atoms with E-state index in [0.29, 0.717) is 11.4 Å². The average molecular weight is 225 g/mol. The summed E-state index contributed by atoms with van der Waals surface area (Å²) in [5, 5.41) is 0. The standard InChI is InChI=1S/C10H15N3O3/c1-12-5-7(11)4-8(12)10(15)13(2)6-9(14)16-3/h4-5H,6,11H2,1-3H3. The number of nitrogens with zero attached hydrogens (tertiary/aromatic N) is 2. The number of likely N-dealkylation sites (N-methyl/N-ethyl adjacent to an activating group) is 1. The van der Waals surface area contributed by atoms with Crippen LogP contribution in [0.5, 0.6) is 0 Å². The van der Waals surface area contributed by atoms with Gasteiger partial charge in [0.2, 0.25) is 0 Å². The highest BCUT2D eigenvalue weighted by Gasteiger charge is 2.18. The van der Waals surface area contributed by atoms with E-state index >= 15 is 0 Å². The van der Waals surface area contributed by atoms with E-state index in [9.17, 15) is 9.59 Å². The van der Waals surface area contributed by atoms with Crippen molar-refractivity contribution in [3.05, 3.63) is 18.0 Å². The van der Waals surface area contributed by atoms with E-state index in [1.165, 1.54) is 19.1 Å². The zero-order valence-electron chi connectivity index (χ0n) is 9.56. The molecule has 0 unspecified atom stereocenters. The largest absolute Gasteiger partial charge is 0.468 e. The number of carbonyl (C=O) groups excluding carboxylic acids is 2. The van der Waals surface area contributed by atoms with Crippen LogP contribution in [0, 0.1) is 0 Å². The number of aromatic nitrogens is 1. The van der Waals surface area contributed by atoms with Gasteiger partial charge in [-0.15, -0.1) is 0 Å². The van der Waals surface area contributed by atoms with Crippen molar-refractivity contribution in [1.82, 2.24) is 9.47 Å². The van der Waals surface area contributed by atoms with Gasteiger partial charge in [0.1, 0.15) is 12.2 Å². The molecule has 0 atom stereocenters. The molecule has 2 N–H and O–H groups in total. The Morgan fingerprint density at radius 3 is 2.62 bits per heavy atom. The number of nitrogen functional groups attached to an aromatic ring is 1. The van der Waals surface area contributed by atoms with Crippen molar-refractivity contribution in [2.24, 2.45) is 7.05 Å². The third kappa shape index (κ3) is 2.53. The van der Waals surface area contributed by atoms with E-state index in [2.05, 4.69) is 4.74 Å². The molecule has 16 heavy (non-hydrogen) atoms. The van der Waals surface area contributed by atoms with Gasteiger partial charge in [-0.1, -0.05) is 0 Å². The quantitative estimate of drug-likeness (QED) is 0.726. The fourth-order valence-electron chi connectivity index (χ4n) is 1.33. The summed E-state index contributed by atoms with van der Waals surface area (Å²) in [7, 11) is 4.53. The Labute approximate surface area is 93.6 Å². The number of esters is 1. The Hall–Kier alpha value is -1.98. The van der Waals surface area contributed by atoms with E-state index in [-0.39, 0.29) is 12.5 Å². The summed E-state index contributed by atoms with van der Waals surface area (Å²) < 4.78 is 6.09. The molecule has 1 aromatic rings. The molecule has 0 saturated carbocycles. The first-order valence-electron chi connectivity index (χ1n) is 4.69. The van der Waals surface area contributed by atoms with Crippen LogP contribution in [0.1, 0.15) is 10.5 Å². The van der Waals surface area contributed by atoms with Gasteiger partial charge in [0.25, 0.3) is 5.91 Å². The van der Waals surface area contributed by atoms with Crippen LogP contribution >= 0.6 is 0 Å². The number of hydrogen-bond acceptors (Lipinski definition) is 4. The summed E-state index contributed by atoms with van der Waals surface area (Å²) in [4.78, 5) is 24.2. The van der Waals surface area contributed by atoms with Gasteiger partial charge >= 0.3 is 5.97 Å². The fraction of sp³-hybridized carbons (Fsp3) is 0.400. The van der Waals surface area contributed by atoms with E-state index in [1.807, 2.05) is 0 Å². The number of aryl methyl sites for hydroxylation is 1. The molecule has 1 rings (SSSR count). The molecule has 88 valence electrons. The molecule has 0 aliphatic carbocycles. The van der Waals surface area contributed by atoms with Crippen molar-refractivity contribution in [3.63, 3.8) is 0 Å². The lowest BCUT2D eigenvalue weighted by Crippen LogP contribution is -2.33. The van der Waals surface area contributed by atoms with Crippen molar-refractivity contribution in [1.29, 1.82) is 0 Å². The molecular formula is C10H15N3O3. The zero-order chi connectivity index (χ0) is 12.3. The first-order chi connectivity index (χ1) is 7.45. The highest BCUT2D eigenvalue weighted by Crippen LogP contribution is 2.10. The predicted octanol–water partition coefficient (Wildman–Crippen LogP) is -0.148. The van der Waals surface area contributed by atoms with Crippen LogP contribution in [-0.4, -0.2) is 42.0 Å². The Kier molecular flexibility index (Phi) is 3.55. The lowest BCUT2D eigenvalue weighted by molar-refractivity contribution is -0.141. The molecule has 0 aromatic carbocycles. The Morgan fingerprint density at radius 1 is 1.56 bits per heavy atom. The first-order valence-corrected chi connectivity index (χ1v) is 4.69. The van der Waals surface area contributed by atoms with Crippen LogP contribution in [0.4, 0.5) is 5.69 Å². The van der Waals surface area contributed by atoms with Crippen molar-refractivity contribution in [3.8, 4) is 0 Å². The van der Waals surface area contributed by atoms with E-state index in [0.717, 1.165) is 0 Å². The second-order valence-corrected chi connectivity index (χ2v) is 3.51. The van der Waals surface area contributed by atoms with Crippen LogP contribution in [0.2, 0.25) is 0 Å². The van der Waals surface area contributed by atoms with E-state index in [1.54, 1.807) is 23.9 Å². The number of amides is 1. The smallest absolute Gasteiger partial charge is 0.325 e. The minimum atomic E-state index is -0.460. The molecule has 1 aromatic heterocycles. The minimum Gasteiger partial charge on any atom is -0.468 e. The van der Waals surface area contributed by atoms with Gasteiger partial charge < -0.3 is 19.9 Å². The Bertz CT molecular complexity index is 411. The molecule has 0 radical (unpaired) electrons. The lowest BCUT2D eigenvalue weighted by atomic mass is 10.3. The monoisotopic (exact) mass is 225 g/mol. The van der Waals surface area contributed by atoms with Crippen molar-refractivity contribution < 1.29 is 14.3 Å². The first kappa shape index (κ1) is 12.1. The molecule has 0 spiro atoms. The highest BCUT2D eigenvalue weighted by molar-refractivity contribution is 5.95. The van der Waals surface area contributed by atoms with Gasteiger partial charge in [0, 0.05) is 20.3 Å². The lowest BCUT2D eigenvalue weighted by Gasteiger charge is -2.15. The molecular weight excluding hydrogens is 210 g/mol. The normalized spacial score (nSPS) is 9.94. The molecule has 6 heteroatoms. The molecule has 0 aliphatic heterocycles. The number of ether oxygens (including phenoxy) is 1. The Balaban J connectivity index is 2.78. The van der Waals surface area contributed by atoms with Gasteiger partial charge in [0.05, 0.1) is 12.8 Å². The summed E-state index contributed by atoms with van der Waals surface area (Å²) in [5.41, 5.74) is 6.51. The van der Waals surface area contributed by atoms with Gasteiger partial charge in [-0.3, -0.25) is 9.59 Å². The maximum atomic E-state index is 11.9. The maximum absolute atomic E-state index is 11.9. The molecule has 0 fully saturated rings. The van der Waals surface area contributed by atoms with Gasteiger partial charge in [-0.2, -0.15) is 0 Å². The number of carbonyl (C=O) groups is 2. The Morgan fingerprint density at radius 2 is 2.19 bits per heavy atom. The average Bonchev–Trinajstić information content (AvgIpc) is 2.56. The van der Waals surface area contributed by atoms with Gasteiger partial charge in [-0.05, 0) is 6.07 Å². The van der Waals surface area contributed by atoms with Crippen LogP contribution in [0.15, 0.2) is 12.3 Å². The van der Waals surface area contributed by atoms with Crippen molar-refractivity contribution in [2.45, 2.75) is 0 Å². The highest BCUT2D eigenvalue weighted by atomic mass is 16.5. The third-order valence-electron chi connectivity index (χ3n) is 2.19. The summed E-state index contributed by atoms with van der Waals surface area (Å²) in [5.74, 6) is -0.734. The third-order valence-corrected chi connectivity index (χ3v) is 2.19. The SMILES string of the molecule is COC(=O)CN(C)C(=O)c1cc(N)cn1C. The molecule has 6 nitrogen and oxygen atoms in total. The van der Waals surface area contributed by atoms with Crippen molar-refractivity contribution in [2.75, 3.05) is 26.4 Å². The molecule has 0 aliphatic rings. The maximum Gasteiger partial charge on any atom is 0.325 e. The van der Waals surface area contributed by atoms with E-state index < -0.39 is 5.97 Å². The van der Waals surface area contributed by atoms with Crippen molar-refractivity contribution >= 4 is 17.6 Å². The fourth-order valence-corrected chi connectivity index (χ4v) is 1.33. The number of rotatable bonds is 3. The van der Waals surface area contributed by atoms with Crippen LogP contribution in [-0.2, 0) is 16.6 Å². The second kappa shape index (κ2) is 4.69. The van der Waals surface area contributed by atoms with Crippen LogP contribution in [0.3, 0.4) is 0 Å². The van der Waals surface area contributed by atoms with Gasteiger partial charge in [-0.25, -0.2) is 0 Å². The molecule has 0 bridgehead atoms. The number of hydrogen-bond donors (Lipinski definition) is 1. The summed E-state index contributed by atoms with van der Waals surface area (Å²) in [6.45, 7) is -0.0829. The van der Waals surface area contributed by atoms with E-state index in [4.69, 9.17) is 5.73 Å². The minimum absolute atomic E-state index is 0.0829. The predicted molar refractivity (Wildman–Crippen MR) is 58.8 cm³/mol. The molecule has 1 amide bonds. The van der Waals surface area contributed by atoms with Crippen LogP contribution in [0.25, 0.3) is 0 Å². The number of methoxy groups -OCH3 is 1. The summed E-state index contributed by atoms with van der Waals surface area (Å²) in [6.07, 6.45) is 1.64. The second-order valence-electron chi connectivity index (χ2n) is 3.51. The molecule has 0 saturated heterocycles. The number of anilines is 1. The summed E-state index contributed by atoms with van der Waals surface area (Å²) >= 11 is 0. The zero-order valence-corrected chi connectivity index (χ0v) is 9.56. The molecule has 1 heterocycles. The number of nitrogens with two attached hydrogens (primary N) is 1. The van der Waals surface area contributed by atoms with Crippen LogP contribution < -0.4 is 5.73 Å².